The van der Waals surface area contributed by atoms with E-state index >= 15 is 0 Å². The van der Waals surface area contributed by atoms with Gasteiger partial charge in [0.15, 0.2) is 5.82 Å². The highest BCUT2D eigenvalue weighted by atomic mass is 35.5. The molecule has 1 saturated heterocycles. The Morgan fingerprint density at radius 2 is 1.91 bits per heavy atom. The van der Waals surface area contributed by atoms with Crippen LogP contribution in [-0.4, -0.2) is 46.0 Å². The van der Waals surface area contributed by atoms with Crippen molar-refractivity contribution in [3.05, 3.63) is 70.0 Å². The average molecular weight is 466 g/mol. The standard InChI is InChI=1S/C24H24ClN5O3/c1-32-23(31)29-13-17-12-18(25)6-7-20(17)30-21(14-29)26-27-22(30)28-10-8-24(9-11-28)19-5-3-2-4-16(19)15-33-24/h2-7,12H,8-11,13-15H2,1H3. The molecule has 1 aromatic heterocycles. The van der Waals surface area contributed by atoms with Gasteiger partial charge >= 0.3 is 6.09 Å². The third-order valence-electron chi connectivity index (χ3n) is 6.99. The van der Waals surface area contributed by atoms with Crippen molar-refractivity contribution in [3.8, 4) is 5.69 Å². The maximum Gasteiger partial charge on any atom is 0.410 e. The van der Waals surface area contributed by atoms with Crippen molar-refractivity contribution in [1.29, 1.82) is 0 Å². The summed E-state index contributed by atoms with van der Waals surface area (Å²) in [5.74, 6) is 1.47. The summed E-state index contributed by atoms with van der Waals surface area (Å²) in [5, 5.41) is 9.63. The minimum absolute atomic E-state index is 0.220. The minimum Gasteiger partial charge on any atom is -0.453 e. The van der Waals surface area contributed by atoms with E-state index in [2.05, 4.69) is 43.9 Å². The first-order chi connectivity index (χ1) is 16.1. The monoisotopic (exact) mass is 465 g/mol. The molecule has 0 saturated carbocycles. The summed E-state index contributed by atoms with van der Waals surface area (Å²) in [5.41, 5.74) is 4.24. The van der Waals surface area contributed by atoms with Crippen molar-refractivity contribution in [2.24, 2.45) is 0 Å². The molecule has 33 heavy (non-hydrogen) atoms. The van der Waals surface area contributed by atoms with E-state index in [9.17, 15) is 4.79 Å². The average Bonchev–Trinajstić information content (AvgIpc) is 3.36. The van der Waals surface area contributed by atoms with Crippen LogP contribution in [0.25, 0.3) is 5.69 Å². The van der Waals surface area contributed by atoms with Crippen molar-refractivity contribution < 1.29 is 14.3 Å². The molecule has 9 heteroatoms. The van der Waals surface area contributed by atoms with Crippen molar-refractivity contribution in [2.75, 3.05) is 25.1 Å². The van der Waals surface area contributed by atoms with Gasteiger partial charge in [-0.3, -0.25) is 9.47 Å². The summed E-state index contributed by atoms with van der Waals surface area (Å²) < 4.78 is 13.4. The van der Waals surface area contributed by atoms with Crippen LogP contribution < -0.4 is 4.90 Å². The molecule has 3 aliphatic rings. The van der Waals surface area contributed by atoms with Crippen LogP contribution in [0.3, 0.4) is 0 Å². The number of hydrogen-bond acceptors (Lipinski definition) is 6. The summed E-state index contributed by atoms with van der Waals surface area (Å²) in [4.78, 5) is 16.2. The number of benzene rings is 2. The van der Waals surface area contributed by atoms with E-state index in [0.717, 1.165) is 43.1 Å². The van der Waals surface area contributed by atoms with Gasteiger partial charge in [0.25, 0.3) is 0 Å². The number of carbonyl (C=O) groups is 1. The van der Waals surface area contributed by atoms with Crippen LogP contribution in [0.2, 0.25) is 5.02 Å². The quantitative estimate of drug-likeness (QED) is 0.540. The van der Waals surface area contributed by atoms with Gasteiger partial charge in [0.1, 0.15) is 0 Å². The second-order valence-electron chi connectivity index (χ2n) is 8.78. The number of rotatable bonds is 1. The largest absolute Gasteiger partial charge is 0.453 e. The predicted octanol–water partition coefficient (Wildman–Crippen LogP) is 4.03. The van der Waals surface area contributed by atoms with Crippen molar-refractivity contribution >= 4 is 23.6 Å². The van der Waals surface area contributed by atoms with E-state index in [1.54, 1.807) is 4.90 Å². The van der Waals surface area contributed by atoms with Crippen LogP contribution in [0, 0.1) is 0 Å². The number of hydrogen-bond donors (Lipinski definition) is 0. The van der Waals surface area contributed by atoms with Crippen LogP contribution >= 0.6 is 11.6 Å². The predicted molar refractivity (Wildman–Crippen MR) is 122 cm³/mol. The highest BCUT2D eigenvalue weighted by Crippen LogP contribution is 2.44. The molecule has 1 amide bonds. The number of halogens is 1. The van der Waals surface area contributed by atoms with Gasteiger partial charge in [0.2, 0.25) is 5.95 Å². The zero-order chi connectivity index (χ0) is 22.6. The second kappa shape index (κ2) is 7.74. The Morgan fingerprint density at radius 3 is 2.73 bits per heavy atom. The van der Waals surface area contributed by atoms with Crippen LogP contribution in [0.5, 0.6) is 0 Å². The molecular weight excluding hydrogens is 442 g/mol. The smallest absolute Gasteiger partial charge is 0.410 e. The van der Waals surface area contributed by atoms with Gasteiger partial charge in [-0.2, -0.15) is 0 Å². The molecule has 0 atom stereocenters. The summed E-state index contributed by atoms with van der Waals surface area (Å²) >= 11 is 6.29. The first-order valence-electron chi connectivity index (χ1n) is 11.1. The number of anilines is 1. The van der Waals surface area contributed by atoms with Crippen molar-refractivity contribution in [2.45, 2.75) is 38.1 Å². The zero-order valence-corrected chi connectivity index (χ0v) is 19.1. The van der Waals surface area contributed by atoms with Gasteiger partial charge < -0.3 is 14.4 Å². The molecule has 0 N–H and O–H groups in total. The third kappa shape index (κ3) is 3.28. The molecule has 0 bridgehead atoms. The molecule has 3 aromatic rings. The number of fused-ring (bicyclic) bond motifs is 5. The fourth-order valence-corrected chi connectivity index (χ4v) is 5.51. The Morgan fingerprint density at radius 1 is 1.09 bits per heavy atom. The molecule has 4 heterocycles. The number of carbonyl (C=O) groups excluding carboxylic acids is 1. The van der Waals surface area contributed by atoms with Crippen molar-refractivity contribution in [3.63, 3.8) is 0 Å². The highest BCUT2D eigenvalue weighted by molar-refractivity contribution is 6.30. The molecule has 0 aliphatic carbocycles. The first kappa shape index (κ1) is 20.5. The normalized spacial score (nSPS) is 18.5. The Balaban J connectivity index is 1.34. The SMILES string of the molecule is COC(=O)N1Cc2cc(Cl)ccc2-n2c(nnc2N2CCC3(CC2)OCc2ccccc23)C1. The molecule has 2 aromatic carbocycles. The van der Waals surface area contributed by atoms with Gasteiger partial charge in [0, 0.05) is 18.1 Å². The molecule has 3 aliphatic heterocycles. The Labute approximate surface area is 196 Å². The molecule has 6 rings (SSSR count). The van der Waals surface area contributed by atoms with E-state index in [1.807, 2.05) is 18.2 Å². The lowest BCUT2D eigenvalue weighted by Gasteiger charge is -2.39. The second-order valence-corrected chi connectivity index (χ2v) is 9.21. The molecule has 8 nitrogen and oxygen atoms in total. The highest BCUT2D eigenvalue weighted by Gasteiger charge is 2.43. The lowest BCUT2D eigenvalue weighted by Crippen LogP contribution is -2.43. The van der Waals surface area contributed by atoms with E-state index in [-0.39, 0.29) is 5.60 Å². The molecule has 0 unspecified atom stereocenters. The van der Waals surface area contributed by atoms with E-state index in [4.69, 9.17) is 21.1 Å². The molecule has 170 valence electrons. The van der Waals surface area contributed by atoms with Gasteiger partial charge in [-0.1, -0.05) is 35.9 Å². The summed E-state index contributed by atoms with van der Waals surface area (Å²) in [6.07, 6.45) is 1.36. The first-order valence-corrected chi connectivity index (χ1v) is 11.5. The third-order valence-corrected chi connectivity index (χ3v) is 7.22. The fraction of sp³-hybridized carbons (Fsp3) is 0.375. The summed E-state index contributed by atoms with van der Waals surface area (Å²) in [7, 11) is 1.38. The van der Waals surface area contributed by atoms with Crippen LogP contribution in [0.1, 0.15) is 35.4 Å². The number of methoxy groups -OCH3 is 1. The topological polar surface area (TPSA) is 72.7 Å². The molecule has 1 spiro atoms. The van der Waals surface area contributed by atoms with Gasteiger partial charge in [0.05, 0.1) is 38.1 Å². The molecule has 1 fully saturated rings. The van der Waals surface area contributed by atoms with E-state index < -0.39 is 6.09 Å². The van der Waals surface area contributed by atoms with Gasteiger partial charge in [-0.25, -0.2) is 4.79 Å². The lowest BCUT2D eigenvalue weighted by atomic mass is 9.84. The molecule has 0 radical (unpaired) electrons. The maximum atomic E-state index is 12.4. The van der Waals surface area contributed by atoms with Crippen LogP contribution in [0.15, 0.2) is 42.5 Å². The van der Waals surface area contributed by atoms with Crippen LogP contribution in [0.4, 0.5) is 10.7 Å². The van der Waals surface area contributed by atoms with Crippen LogP contribution in [-0.2, 0) is 34.8 Å². The minimum atomic E-state index is -0.407. The van der Waals surface area contributed by atoms with Crippen molar-refractivity contribution in [1.82, 2.24) is 19.7 Å². The molecular formula is C24H24ClN5O3. The maximum absolute atomic E-state index is 12.4. The summed E-state index contributed by atoms with van der Waals surface area (Å²) in [6, 6.07) is 14.2. The van der Waals surface area contributed by atoms with E-state index in [1.165, 1.54) is 18.2 Å². The number of piperidine rings is 1. The fourth-order valence-electron chi connectivity index (χ4n) is 5.32. The summed E-state index contributed by atoms with van der Waals surface area (Å²) in [6.45, 7) is 2.97. The Kier molecular flexibility index (Phi) is 4.81. The Bertz CT molecular complexity index is 1230. The van der Waals surface area contributed by atoms with Gasteiger partial charge in [-0.05, 0) is 47.7 Å². The lowest BCUT2D eigenvalue weighted by molar-refractivity contribution is -0.0553. The number of aromatic nitrogens is 3. The number of ether oxygens (including phenoxy) is 2. The number of nitrogens with zero attached hydrogens (tertiary/aromatic N) is 5. The number of amides is 1. The Hall–Kier alpha value is -3.10. The van der Waals surface area contributed by atoms with E-state index in [0.29, 0.717) is 30.5 Å². The zero-order valence-electron chi connectivity index (χ0n) is 18.3. The van der Waals surface area contributed by atoms with Gasteiger partial charge in [-0.15, -0.1) is 10.2 Å².